The monoisotopic (exact) mass is 304 g/mol. The molecule has 0 N–H and O–H groups in total. The minimum atomic E-state index is 0.0147. The summed E-state index contributed by atoms with van der Waals surface area (Å²) in [5.41, 5.74) is 1.82. The highest BCUT2D eigenvalue weighted by atomic mass is 32.2. The summed E-state index contributed by atoms with van der Waals surface area (Å²) >= 11 is 1.55. The van der Waals surface area contributed by atoms with Crippen molar-refractivity contribution in [3.05, 3.63) is 46.8 Å². The number of para-hydroxylation sites is 1. The van der Waals surface area contributed by atoms with Gasteiger partial charge in [-0.15, -0.1) is 0 Å². The molecule has 2 aromatic rings. The van der Waals surface area contributed by atoms with Gasteiger partial charge in [0.05, 0.1) is 10.9 Å². The van der Waals surface area contributed by atoms with Gasteiger partial charge in [-0.1, -0.05) is 36.0 Å². The summed E-state index contributed by atoms with van der Waals surface area (Å²) in [7, 11) is 1.66. The third kappa shape index (κ3) is 3.95. The first-order valence-corrected chi connectivity index (χ1v) is 7.87. The normalized spacial score (nSPS) is 11.0. The number of hydrogen-bond acceptors (Lipinski definition) is 4. The van der Waals surface area contributed by atoms with Gasteiger partial charge >= 0.3 is 0 Å². The van der Waals surface area contributed by atoms with Gasteiger partial charge in [-0.3, -0.25) is 9.36 Å². The van der Waals surface area contributed by atoms with E-state index in [4.69, 9.17) is 4.74 Å². The number of thioether (sulfide) groups is 1. The predicted molar refractivity (Wildman–Crippen MR) is 88.0 cm³/mol. The maximum Gasteiger partial charge on any atom is 0.262 e. The van der Waals surface area contributed by atoms with Crippen molar-refractivity contribution >= 4 is 22.7 Å². The van der Waals surface area contributed by atoms with Crippen molar-refractivity contribution in [2.45, 2.75) is 25.0 Å². The number of benzene rings is 1. The topological polar surface area (TPSA) is 44.1 Å². The second kappa shape index (κ2) is 7.43. The Morgan fingerprint density at radius 2 is 2.19 bits per heavy atom. The van der Waals surface area contributed by atoms with E-state index in [9.17, 15) is 4.79 Å². The van der Waals surface area contributed by atoms with E-state index in [1.807, 2.05) is 31.2 Å². The highest BCUT2D eigenvalue weighted by Gasteiger charge is 2.11. The van der Waals surface area contributed by atoms with E-state index in [1.165, 1.54) is 0 Å². The summed E-state index contributed by atoms with van der Waals surface area (Å²) in [6.07, 6.45) is 0.789. The van der Waals surface area contributed by atoms with Crippen LogP contribution in [0.2, 0.25) is 0 Å². The third-order valence-corrected chi connectivity index (χ3v) is 4.21. The minimum absolute atomic E-state index is 0.0147. The van der Waals surface area contributed by atoms with Crippen LogP contribution in [0, 0.1) is 0 Å². The van der Waals surface area contributed by atoms with Crippen molar-refractivity contribution in [2.24, 2.45) is 0 Å². The fourth-order valence-electron chi connectivity index (χ4n) is 2.01. The lowest BCUT2D eigenvalue weighted by molar-refractivity contribution is 0.189. The quantitative estimate of drug-likeness (QED) is 0.341. The lowest BCUT2D eigenvalue weighted by atomic mass is 10.2. The Kier molecular flexibility index (Phi) is 5.59. The number of aromatic nitrogens is 2. The van der Waals surface area contributed by atoms with Crippen LogP contribution in [-0.4, -0.2) is 29.0 Å². The van der Waals surface area contributed by atoms with Crippen LogP contribution in [-0.2, 0) is 11.3 Å². The fourth-order valence-corrected chi connectivity index (χ4v) is 2.88. The van der Waals surface area contributed by atoms with Crippen LogP contribution < -0.4 is 5.56 Å². The SMILES string of the molecule is C=C(C)CSc1nc2ccccc2c(=O)n1CCCOC. The molecule has 1 aromatic carbocycles. The zero-order valence-corrected chi connectivity index (χ0v) is 13.3. The molecule has 0 amide bonds. The Balaban J connectivity index is 2.43. The predicted octanol–water partition coefficient (Wildman–Crippen LogP) is 3.10. The van der Waals surface area contributed by atoms with Gasteiger partial charge in [-0.2, -0.15) is 0 Å². The maximum absolute atomic E-state index is 12.6. The average Bonchev–Trinajstić information content (AvgIpc) is 2.48. The summed E-state index contributed by atoms with van der Waals surface area (Å²) in [6.45, 7) is 7.12. The van der Waals surface area contributed by atoms with Crippen LogP contribution in [0.4, 0.5) is 0 Å². The molecule has 2 rings (SSSR count). The summed E-state index contributed by atoms with van der Waals surface area (Å²) in [4.78, 5) is 17.3. The van der Waals surface area contributed by atoms with Gasteiger partial charge in [-0.05, 0) is 25.5 Å². The molecular formula is C16H20N2O2S. The largest absolute Gasteiger partial charge is 0.385 e. The van der Waals surface area contributed by atoms with E-state index in [-0.39, 0.29) is 5.56 Å². The van der Waals surface area contributed by atoms with E-state index in [1.54, 1.807) is 23.4 Å². The molecule has 0 atom stereocenters. The molecule has 0 spiro atoms. The molecule has 0 saturated carbocycles. The molecule has 5 heteroatoms. The fraction of sp³-hybridized carbons (Fsp3) is 0.375. The Labute approximate surface area is 128 Å². The number of nitrogens with zero attached hydrogens (tertiary/aromatic N) is 2. The van der Waals surface area contributed by atoms with Gasteiger partial charge in [0.1, 0.15) is 0 Å². The number of ether oxygens (including phenoxy) is 1. The van der Waals surface area contributed by atoms with Crippen molar-refractivity contribution in [3.8, 4) is 0 Å². The number of hydrogen-bond donors (Lipinski definition) is 0. The lowest BCUT2D eigenvalue weighted by Gasteiger charge is -2.12. The third-order valence-electron chi connectivity index (χ3n) is 3.00. The smallest absolute Gasteiger partial charge is 0.262 e. The van der Waals surface area contributed by atoms with Gasteiger partial charge in [0, 0.05) is 26.0 Å². The van der Waals surface area contributed by atoms with E-state index < -0.39 is 0 Å². The van der Waals surface area contributed by atoms with Crippen LogP contribution >= 0.6 is 11.8 Å². The summed E-state index contributed by atoms with van der Waals surface area (Å²) in [5, 5.41) is 1.41. The van der Waals surface area contributed by atoms with Crippen LogP contribution in [0.3, 0.4) is 0 Å². The van der Waals surface area contributed by atoms with Gasteiger partial charge in [0.2, 0.25) is 0 Å². The molecule has 0 fully saturated rings. The molecule has 0 aliphatic rings. The summed E-state index contributed by atoms with van der Waals surface area (Å²) in [5.74, 6) is 0.759. The van der Waals surface area contributed by atoms with Crippen molar-refractivity contribution in [3.63, 3.8) is 0 Å². The highest BCUT2D eigenvalue weighted by Crippen LogP contribution is 2.19. The molecule has 112 valence electrons. The number of methoxy groups -OCH3 is 1. The van der Waals surface area contributed by atoms with Crippen molar-refractivity contribution in [2.75, 3.05) is 19.5 Å². The molecule has 0 saturated heterocycles. The molecule has 1 aromatic heterocycles. The molecule has 21 heavy (non-hydrogen) atoms. The van der Waals surface area contributed by atoms with Crippen LogP contribution in [0.5, 0.6) is 0 Å². The first-order chi connectivity index (χ1) is 10.1. The number of rotatable bonds is 7. The molecule has 0 aliphatic carbocycles. The summed E-state index contributed by atoms with van der Waals surface area (Å²) < 4.78 is 6.82. The molecule has 1 heterocycles. The molecule has 4 nitrogen and oxygen atoms in total. The average molecular weight is 304 g/mol. The second-order valence-corrected chi connectivity index (χ2v) is 5.90. The zero-order chi connectivity index (χ0) is 15.2. The van der Waals surface area contributed by atoms with Gasteiger partial charge in [0.25, 0.3) is 5.56 Å². The highest BCUT2D eigenvalue weighted by molar-refractivity contribution is 7.99. The maximum atomic E-state index is 12.6. The van der Waals surface area contributed by atoms with Gasteiger partial charge in [-0.25, -0.2) is 4.98 Å². The van der Waals surface area contributed by atoms with E-state index in [0.717, 1.165) is 28.4 Å². The van der Waals surface area contributed by atoms with Crippen LogP contribution in [0.15, 0.2) is 46.4 Å². The molecular weight excluding hydrogens is 284 g/mol. The Morgan fingerprint density at radius 1 is 1.43 bits per heavy atom. The Bertz CT molecular complexity index is 694. The molecule has 0 unspecified atom stereocenters. The van der Waals surface area contributed by atoms with Crippen molar-refractivity contribution in [1.29, 1.82) is 0 Å². The Morgan fingerprint density at radius 3 is 2.90 bits per heavy atom. The summed E-state index contributed by atoms with van der Waals surface area (Å²) in [6, 6.07) is 7.47. The molecule has 0 radical (unpaired) electrons. The second-order valence-electron chi connectivity index (χ2n) is 4.96. The van der Waals surface area contributed by atoms with E-state index >= 15 is 0 Å². The van der Waals surface area contributed by atoms with E-state index in [2.05, 4.69) is 11.6 Å². The van der Waals surface area contributed by atoms with Gasteiger partial charge in [0.15, 0.2) is 5.16 Å². The van der Waals surface area contributed by atoms with E-state index in [0.29, 0.717) is 18.5 Å². The van der Waals surface area contributed by atoms with Gasteiger partial charge < -0.3 is 4.74 Å². The molecule has 0 aliphatic heterocycles. The lowest BCUT2D eigenvalue weighted by Crippen LogP contribution is -2.24. The van der Waals surface area contributed by atoms with Crippen molar-refractivity contribution < 1.29 is 4.74 Å². The number of fused-ring (bicyclic) bond motifs is 1. The standard InChI is InChI=1S/C16H20N2O2S/c1-12(2)11-21-16-17-14-8-5-4-7-13(14)15(19)18(16)9-6-10-20-3/h4-5,7-8H,1,6,9-11H2,2-3H3. The van der Waals surface area contributed by atoms with Crippen LogP contribution in [0.25, 0.3) is 10.9 Å². The van der Waals surface area contributed by atoms with Crippen LogP contribution in [0.1, 0.15) is 13.3 Å². The zero-order valence-electron chi connectivity index (χ0n) is 12.5. The first-order valence-electron chi connectivity index (χ1n) is 6.89. The Hall–Kier alpha value is -1.59. The molecule has 0 bridgehead atoms. The van der Waals surface area contributed by atoms with Crippen molar-refractivity contribution in [1.82, 2.24) is 9.55 Å². The minimum Gasteiger partial charge on any atom is -0.385 e. The first kappa shape index (κ1) is 15.8.